The highest BCUT2D eigenvalue weighted by Crippen LogP contribution is 2.23. The highest BCUT2D eigenvalue weighted by atomic mass is 16.6. The van der Waals surface area contributed by atoms with Gasteiger partial charge >= 0.3 is 6.09 Å². The van der Waals surface area contributed by atoms with E-state index >= 15 is 0 Å². The van der Waals surface area contributed by atoms with Crippen LogP contribution in [0.3, 0.4) is 0 Å². The van der Waals surface area contributed by atoms with Gasteiger partial charge in [-0.25, -0.2) is 9.78 Å². The van der Waals surface area contributed by atoms with Gasteiger partial charge in [-0.05, 0) is 23.8 Å². The Labute approximate surface area is 139 Å². The molecule has 0 unspecified atom stereocenters. The molecule has 0 fully saturated rings. The van der Waals surface area contributed by atoms with E-state index in [9.17, 15) is 4.79 Å². The lowest BCUT2D eigenvalue weighted by Crippen LogP contribution is -2.38. The van der Waals surface area contributed by atoms with Gasteiger partial charge in [0.15, 0.2) is 0 Å². The summed E-state index contributed by atoms with van der Waals surface area (Å²) in [5, 5.41) is 0. The summed E-state index contributed by atoms with van der Waals surface area (Å²) in [4.78, 5) is 18.6. The number of anilines is 1. The minimum Gasteiger partial charge on any atom is -0.445 e. The van der Waals surface area contributed by atoms with Gasteiger partial charge < -0.3 is 15.0 Å². The zero-order chi connectivity index (χ0) is 16.5. The van der Waals surface area contributed by atoms with E-state index < -0.39 is 0 Å². The monoisotopic (exact) mass is 322 g/mol. The minimum absolute atomic E-state index is 0.281. The maximum atomic E-state index is 12.3. The van der Waals surface area contributed by atoms with Crippen LogP contribution in [0.1, 0.15) is 11.4 Å². The molecule has 122 valence electrons. The molecule has 1 aromatic heterocycles. The van der Waals surface area contributed by atoms with Gasteiger partial charge in [0.2, 0.25) is 0 Å². The molecule has 0 radical (unpaired) electrons. The molecule has 1 aliphatic rings. The number of hydrogen-bond donors (Lipinski definition) is 1. The Hall–Kier alpha value is -3.02. The van der Waals surface area contributed by atoms with Crippen LogP contribution in [0.15, 0.2) is 48.5 Å². The predicted octanol–water partition coefficient (Wildman–Crippen LogP) is 2.77. The number of carbonyl (C=O) groups is 1. The first kappa shape index (κ1) is 14.6. The fourth-order valence-corrected chi connectivity index (χ4v) is 3.00. The largest absolute Gasteiger partial charge is 0.445 e. The first-order valence-electron chi connectivity index (χ1n) is 7.91. The molecule has 0 saturated carbocycles. The normalized spacial score (nSPS) is 13.8. The molecule has 2 N–H and O–H groups in total. The van der Waals surface area contributed by atoms with E-state index in [2.05, 4.69) is 9.55 Å². The highest BCUT2D eigenvalue weighted by molar-refractivity contribution is 5.80. The molecule has 2 aromatic carbocycles. The van der Waals surface area contributed by atoms with Gasteiger partial charge in [0, 0.05) is 18.8 Å². The quantitative estimate of drug-likeness (QED) is 0.736. The Morgan fingerprint density at radius 2 is 2.00 bits per heavy atom. The number of amides is 1. The van der Waals surface area contributed by atoms with Crippen LogP contribution >= 0.6 is 0 Å². The number of fused-ring (bicyclic) bond motifs is 3. The van der Waals surface area contributed by atoms with Crippen LogP contribution in [-0.4, -0.2) is 27.1 Å². The van der Waals surface area contributed by atoms with E-state index in [0.717, 1.165) is 22.4 Å². The molecule has 24 heavy (non-hydrogen) atoms. The Balaban J connectivity index is 1.47. The topological polar surface area (TPSA) is 73.4 Å². The summed E-state index contributed by atoms with van der Waals surface area (Å²) in [7, 11) is 0. The van der Waals surface area contributed by atoms with Gasteiger partial charge in [0.25, 0.3) is 0 Å². The molecule has 1 amide bonds. The average Bonchev–Trinajstić information content (AvgIpc) is 2.97. The Morgan fingerprint density at radius 3 is 2.83 bits per heavy atom. The van der Waals surface area contributed by atoms with Crippen molar-refractivity contribution in [2.45, 2.75) is 19.7 Å². The molecule has 1 aliphatic heterocycles. The predicted molar refractivity (Wildman–Crippen MR) is 91.2 cm³/mol. The first-order valence-corrected chi connectivity index (χ1v) is 7.91. The maximum absolute atomic E-state index is 12.3. The van der Waals surface area contributed by atoms with Crippen molar-refractivity contribution < 1.29 is 9.53 Å². The van der Waals surface area contributed by atoms with Crippen molar-refractivity contribution in [1.82, 2.24) is 14.5 Å². The van der Waals surface area contributed by atoms with E-state index in [0.29, 0.717) is 25.3 Å². The third-order valence-electron chi connectivity index (χ3n) is 4.24. The van der Waals surface area contributed by atoms with Gasteiger partial charge in [-0.1, -0.05) is 30.3 Å². The summed E-state index contributed by atoms with van der Waals surface area (Å²) < 4.78 is 7.54. The third-order valence-corrected chi connectivity index (χ3v) is 4.24. The van der Waals surface area contributed by atoms with Gasteiger partial charge in [-0.15, -0.1) is 0 Å². The number of nitrogen functional groups attached to an aromatic ring is 1. The van der Waals surface area contributed by atoms with Crippen LogP contribution in [0.5, 0.6) is 0 Å². The van der Waals surface area contributed by atoms with Crippen LogP contribution in [-0.2, 0) is 24.4 Å². The zero-order valence-electron chi connectivity index (χ0n) is 13.2. The van der Waals surface area contributed by atoms with Crippen LogP contribution in [0.25, 0.3) is 11.0 Å². The highest BCUT2D eigenvalue weighted by Gasteiger charge is 2.24. The molecule has 0 aliphatic carbocycles. The number of benzene rings is 2. The van der Waals surface area contributed by atoms with Crippen LogP contribution in [0.4, 0.5) is 10.5 Å². The molecule has 4 rings (SSSR count). The number of ether oxygens (including phenoxy) is 1. The third kappa shape index (κ3) is 2.67. The second kappa shape index (κ2) is 5.88. The Bertz CT molecular complexity index is 889. The number of nitrogens with two attached hydrogens (primary N) is 1. The molecule has 6 heteroatoms. The standard InChI is InChI=1S/C18H18N4O2/c19-14-6-7-16-15(10-14)20-17-11-21(8-9-22(16)17)18(23)24-12-13-4-2-1-3-5-13/h1-7,10H,8-9,11-12,19H2. The van der Waals surface area contributed by atoms with Crippen molar-refractivity contribution in [2.24, 2.45) is 0 Å². The summed E-state index contributed by atoms with van der Waals surface area (Å²) in [5.74, 6) is 0.860. The lowest BCUT2D eigenvalue weighted by molar-refractivity contribution is 0.0865. The number of aromatic nitrogens is 2. The molecule has 3 aromatic rings. The first-order chi connectivity index (χ1) is 11.7. The minimum atomic E-state index is -0.309. The van der Waals surface area contributed by atoms with E-state index in [1.54, 1.807) is 4.90 Å². The summed E-state index contributed by atoms with van der Waals surface area (Å²) in [6, 6.07) is 15.4. The van der Waals surface area contributed by atoms with Crippen molar-refractivity contribution in [3.63, 3.8) is 0 Å². The molecule has 0 saturated heterocycles. The molecule has 0 spiro atoms. The van der Waals surface area contributed by atoms with Gasteiger partial charge in [0.1, 0.15) is 12.4 Å². The second-order valence-corrected chi connectivity index (χ2v) is 5.89. The van der Waals surface area contributed by atoms with Gasteiger partial charge in [0.05, 0.1) is 17.6 Å². The Kier molecular flexibility index (Phi) is 3.57. The lowest BCUT2D eigenvalue weighted by atomic mass is 10.2. The van der Waals surface area contributed by atoms with Crippen molar-refractivity contribution >= 4 is 22.8 Å². The fourth-order valence-electron chi connectivity index (χ4n) is 3.00. The second-order valence-electron chi connectivity index (χ2n) is 5.89. The molecule has 2 heterocycles. The average molecular weight is 322 g/mol. The molecule has 6 nitrogen and oxygen atoms in total. The smallest absolute Gasteiger partial charge is 0.410 e. The Morgan fingerprint density at radius 1 is 1.17 bits per heavy atom. The molecular weight excluding hydrogens is 304 g/mol. The summed E-state index contributed by atoms with van der Waals surface area (Å²) in [6.07, 6.45) is -0.309. The van der Waals surface area contributed by atoms with E-state index in [1.165, 1.54) is 0 Å². The lowest BCUT2D eigenvalue weighted by Gasteiger charge is -2.27. The van der Waals surface area contributed by atoms with E-state index in [1.807, 2.05) is 48.5 Å². The van der Waals surface area contributed by atoms with Crippen molar-refractivity contribution in [3.05, 3.63) is 59.9 Å². The zero-order valence-corrected chi connectivity index (χ0v) is 13.2. The van der Waals surface area contributed by atoms with Crippen molar-refractivity contribution in [2.75, 3.05) is 12.3 Å². The summed E-state index contributed by atoms with van der Waals surface area (Å²) >= 11 is 0. The number of carbonyl (C=O) groups excluding carboxylic acids is 1. The van der Waals surface area contributed by atoms with Crippen molar-refractivity contribution in [1.29, 1.82) is 0 Å². The van der Waals surface area contributed by atoms with Crippen LogP contribution in [0.2, 0.25) is 0 Å². The number of rotatable bonds is 2. The molecule has 0 atom stereocenters. The van der Waals surface area contributed by atoms with Gasteiger partial charge in [-0.2, -0.15) is 0 Å². The number of nitrogens with zero attached hydrogens (tertiary/aromatic N) is 3. The SMILES string of the molecule is Nc1ccc2c(c1)nc1n2CCN(C(=O)OCc2ccccc2)C1. The van der Waals surface area contributed by atoms with E-state index in [-0.39, 0.29) is 12.7 Å². The summed E-state index contributed by atoms with van der Waals surface area (Å²) in [6.45, 7) is 2.04. The number of hydrogen-bond acceptors (Lipinski definition) is 4. The van der Waals surface area contributed by atoms with Crippen LogP contribution < -0.4 is 5.73 Å². The van der Waals surface area contributed by atoms with E-state index in [4.69, 9.17) is 10.5 Å². The fraction of sp³-hybridized carbons (Fsp3) is 0.222. The molecule has 0 bridgehead atoms. The molecular formula is C18H18N4O2. The summed E-state index contributed by atoms with van der Waals surface area (Å²) in [5.41, 5.74) is 9.41. The van der Waals surface area contributed by atoms with Crippen molar-refractivity contribution in [3.8, 4) is 0 Å². The maximum Gasteiger partial charge on any atom is 0.410 e. The van der Waals surface area contributed by atoms with Crippen LogP contribution in [0, 0.1) is 0 Å². The van der Waals surface area contributed by atoms with Gasteiger partial charge in [-0.3, -0.25) is 4.90 Å². The number of imidazole rings is 1.